The van der Waals surface area contributed by atoms with Crippen molar-refractivity contribution < 1.29 is 40.6 Å². The van der Waals surface area contributed by atoms with Crippen molar-refractivity contribution in [3.05, 3.63) is 34.0 Å². The molecule has 0 amide bonds. The molecule has 30 heavy (non-hydrogen) atoms. The van der Waals surface area contributed by atoms with Gasteiger partial charge in [0.05, 0.1) is 0 Å². The van der Waals surface area contributed by atoms with Crippen molar-refractivity contribution in [1.29, 1.82) is 0 Å². The van der Waals surface area contributed by atoms with Gasteiger partial charge >= 0.3 is 18.0 Å². The fourth-order valence-electron chi connectivity index (χ4n) is 2.37. The highest BCUT2D eigenvalue weighted by atomic mass is 19.4. The minimum absolute atomic E-state index is 0.0238. The van der Waals surface area contributed by atoms with Crippen LogP contribution in [0.25, 0.3) is 5.69 Å². The summed E-state index contributed by atoms with van der Waals surface area (Å²) in [6.45, 7) is 2.42. The Hall–Kier alpha value is -2.64. The molecule has 1 N–H and O–H groups in total. The second kappa shape index (κ2) is 7.25. The Balaban J connectivity index is 2.64. The molecular formula is C16H17F7N4O3. The molecule has 0 unspecified atom stereocenters. The average Bonchev–Trinajstić information content (AvgIpc) is 2.88. The number of rotatable bonds is 4. The number of halogens is 7. The van der Waals surface area contributed by atoms with Gasteiger partial charge in [-0.05, 0) is 27.5 Å². The first kappa shape index (κ1) is 23.6. The van der Waals surface area contributed by atoms with E-state index in [0.717, 1.165) is 10.7 Å². The number of hydrogen-bond donors (Lipinski definition) is 1. The number of tetrazole rings is 1. The molecule has 1 aromatic carbocycles. The second-order valence-electron chi connectivity index (χ2n) is 7.49. The Bertz CT molecular complexity index is 973. The minimum atomic E-state index is -6.14. The first-order valence-electron chi connectivity index (χ1n) is 8.22. The Kier molecular flexibility index (Phi) is 5.71. The van der Waals surface area contributed by atoms with Crippen molar-refractivity contribution in [1.82, 2.24) is 19.8 Å². The van der Waals surface area contributed by atoms with Gasteiger partial charge in [0, 0.05) is 13.1 Å². The number of ether oxygens (including phenoxy) is 1. The third-order valence-electron chi connectivity index (χ3n) is 4.18. The lowest BCUT2D eigenvalue weighted by molar-refractivity contribution is -0.373. The molecule has 0 spiro atoms. The molecule has 0 saturated heterocycles. The maximum atomic E-state index is 14.5. The van der Waals surface area contributed by atoms with E-state index < -0.39 is 52.9 Å². The highest BCUT2D eigenvalue weighted by Crippen LogP contribution is 2.43. The van der Waals surface area contributed by atoms with E-state index in [4.69, 9.17) is 0 Å². The zero-order valence-electron chi connectivity index (χ0n) is 16.1. The molecule has 168 valence electrons. The monoisotopic (exact) mass is 446 g/mol. The molecule has 2 aromatic rings. The third-order valence-corrected chi connectivity index (χ3v) is 4.18. The van der Waals surface area contributed by atoms with Gasteiger partial charge in [0.25, 0.3) is 5.60 Å². The quantitative estimate of drug-likeness (QED) is 0.731. The highest BCUT2D eigenvalue weighted by molar-refractivity contribution is 5.50. The second-order valence-corrected chi connectivity index (χ2v) is 7.49. The Morgan fingerprint density at radius 1 is 1.03 bits per heavy atom. The first-order valence-corrected chi connectivity index (χ1v) is 8.22. The van der Waals surface area contributed by atoms with Gasteiger partial charge < -0.3 is 9.84 Å². The van der Waals surface area contributed by atoms with E-state index in [1.54, 1.807) is 20.8 Å². The maximum absolute atomic E-state index is 14.5. The van der Waals surface area contributed by atoms with Gasteiger partial charge in [-0.2, -0.15) is 35.7 Å². The number of benzene rings is 1. The molecular weight excluding hydrogens is 429 g/mol. The highest BCUT2D eigenvalue weighted by Gasteiger charge is 2.71. The summed E-state index contributed by atoms with van der Waals surface area (Å²) < 4.78 is 97.7. The van der Waals surface area contributed by atoms with Gasteiger partial charge in [-0.15, -0.1) is 0 Å². The van der Waals surface area contributed by atoms with E-state index in [1.807, 2.05) is 0 Å². The normalized spacial score (nSPS) is 13.6. The smallest absolute Gasteiger partial charge is 0.429 e. The summed E-state index contributed by atoms with van der Waals surface area (Å²) in [5.74, 6) is -1.89. The molecule has 0 aliphatic carbocycles. The van der Waals surface area contributed by atoms with Crippen molar-refractivity contribution in [2.75, 3.05) is 6.61 Å². The molecule has 14 heteroatoms. The summed E-state index contributed by atoms with van der Waals surface area (Å²) in [7, 11) is 1.19. The maximum Gasteiger partial charge on any atom is 0.429 e. The van der Waals surface area contributed by atoms with Crippen LogP contribution in [-0.4, -0.2) is 49.5 Å². The summed E-state index contributed by atoms with van der Waals surface area (Å²) in [5.41, 5.74) is -7.49. The zero-order chi connectivity index (χ0) is 23.3. The molecule has 0 radical (unpaired) electrons. The molecule has 1 heterocycles. The molecule has 1 aromatic heterocycles. The zero-order valence-corrected chi connectivity index (χ0v) is 16.1. The lowest BCUT2D eigenvalue weighted by atomic mass is 9.86. The van der Waals surface area contributed by atoms with Crippen LogP contribution in [0.15, 0.2) is 16.9 Å². The SMILES string of the molecule is Cn1nnn(-c2cc(C(C)(C)C)c(F)cc2OCC(O)(C(F)(F)F)C(F)(F)F)c1=O. The van der Waals surface area contributed by atoms with E-state index in [1.165, 1.54) is 7.05 Å². The number of alkyl halides is 6. The molecule has 0 bridgehead atoms. The van der Waals surface area contributed by atoms with Gasteiger partial charge in [-0.3, -0.25) is 0 Å². The van der Waals surface area contributed by atoms with Crippen LogP contribution < -0.4 is 10.4 Å². The van der Waals surface area contributed by atoms with Crippen LogP contribution >= 0.6 is 0 Å². The van der Waals surface area contributed by atoms with Crippen LogP contribution in [0.5, 0.6) is 5.75 Å². The molecule has 7 nitrogen and oxygen atoms in total. The van der Waals surface area contributed by atoms with Crippen molar-refractivity contribution in [3.8, 4) is 11.4 Å². The van der Waals surface area contributed by atoms with Crippen LogP contribution in [-0.2, 0) is 12.5 Å². The molecule has 0 aliphatic heterocycles. The molecule has 0 atom stereocenters. The standard InChI is InChI=1S/C16H17F7N4O3/c1-13(2,3)8-5-10(27-12(28)26(4)24-25-27)11(6-9(8)17)30-7-14(29,15(18,19)20)16(21,22)23/h5-6,29H,7H2,1-4H3. The predicted molar refractivity (Wildman–Crippen MR) is 87.8 cm³/mol. The number of aliphatic hydroxyl groups is 1. The number of nitrogens with zero attached hydrogens (tertiary/aromatic N) is 4. The van der Waals surface area contributed by atoms with Crippen molar-refractivity contribution in [3.63, 3.8) is 0 Å². The Morgan fingerprint density at radius 3 is 1.97 bits per heavy atom. The molecule has 2 rings (SSSR count). The Labute approximate surface area is 164 Å². The minimum Gasteiger partial charge on any atom is -0.487 e. The van der Waals surface area contributed by atoms with Gasteiger partial charge in [-0.25, -0.2) is 9.18 Å². The van der Waals surface area contributed by atoms with Crippen molar-refractivity contribution in [2.24, 2.45) is 7.05 Å². The van der Waals surface area contributed by atoms with Crippen molar-refractivity contribution in [2.45, 2.75) is 44.1 Å². The van der Waals surface area contributed by atoms with Crippen LogP contribution in [0, 0.1) is 5.82 Å². The predicted octanol–water partition coefficient (Wildman–Crippen LogP) is 2.64. The summed E-state index contributed by atoms with van der Waals surface area (Å²) in [5, 5.41) is 16.1. The summed E-state index contributed by atoms with van der Waals surface area (Å²) >= 11 is 0. The fourth-order valence-corrected chi connectivity index (χ4v) is 2.37. The van der Waals surface area contributed by atoms with E-state index in [2.05, 4.69) is 15.2 Å². The van der Waals surface area contributed by atoms with E-state index in [0.29, 0.717) is 10.7 Å². The molecule has 0 fully saturated rings. The van der Waals surface area contributed by atoms with Crippen LogP contribution in [0.3, 0.4) is 0 Å². The van der Waals surface area contributed by atoms with E-state index in [9.17, 15) is 40.6 Å². The van der Waals surface area contributed by atoms with E-state index in [-0.39, 0.29) is 5.56 Å². The number of aryl methyl sites for hydroxylation is 1. The summed E-state index contributed by atoms with van der Waals surface area (Å²) in [6.07, 6.45) is -12.3. The molecule has 0 aliphatic rings. The van der Waals surface area contributed by atoms with Gasteiger partial charge in [0.15, 0.2) is 0 Å². The van der Waals surface area contributed by atoms with Gasteiger partial charge in [0.2, 0.25) is 0 Å². The third kappa shape index (κ3) is 4.13. The largest absolute Gasteiger partial charge is 0.487 e. The first-order chi connectivity index (χ1) is 13.4. The molecule has 0 saturated carbocycles. The van der Waals surface area contributed by atoms with Gasteiger partial charge in [-0.1, -0.05) is 20.8 Å². The lowest BCUT2D eigenvalue weighted by Gasteiger charge is -2.32. The van der Waals surface area contributed by atoms with Crippen LogP contribution in [0.4, 0.5) is 30.7 Å². The van der Waals surface area contributed by atoms with Crippen LogP contribution in [0.2, 0.25) is 0 Å². The average molecular weight is 446 g/mol. The Morgan fingerprint density at radius 2 is 1.57 bits per heavy atom. The summed E-state index contributed by atoms with van der Waals surface area (Å²) in [6, 6.07) is 1.52. The summed E-state index contributed by atoms with van der Waals surface area (Å²) in [4.78, 5) is 12.1. The van der Waals surface area contributed by atoms with Crippen molar-refractivity contribution >= 4 is 0 Å². The van der Waals surface area contributed by atoms with E-state index >= 15 is 0 Å². The van der Waals surface area contributed by atoms with Crippen LogP contribution in [0.1, 0.15) is 26.3 Å². The number of hydrogen-bond acceptors (Lipinski definition) is 5. The lowest BCUT2D eigenvalue weighted by Crippen LogP contribution is -2.60. The fraction of sp³-hybridized carbons (Fsp3) is 0.562. The topological polar surface area (TPSA) is 82.2 Å². The van der Waals surface area contributed by atoms with Gasteiger partial charge in [0.1, 0.15) is 23.9 Å². The number of aromatic nitrogens is 4.